The Bertz CT molecular complexity index is 422. The molecule has 5 heteroatoms. The van der Waals surface area contributed by atoms with E-state index < -0.39 is 12.0 Å². The first-order valence-corrected chi connectivity index (χ1v) is 7.38. The third kappa shape index (κ3) is 3.27. The molecule has 0 aliphatic carbocycles. The van der Waals surface area contributed by atoms with E-state index in [0.717, 1.165) is 5.56 Å². The molecule has 2 unspecified atom stereocenters. The molecular formula is C16H25NO4. The summed E-state index contributed by atoms with van der Waals surface area (Å²) in [5.74, 6) is -1.12. The van der Waals surface area contributed by atoms with Crippen LogP contribution in [0.1, 0.15) is 25.0 Å². The van der Waals surface area contributed by atoms with Gasteiger partial charge in [-0.3, -0.25) is 0 Å². The molecule has 5 nitrogen and oxygen atoms in total. The lowest BCUT2D eigenvalue weighted by molar-refractivity contribution is -0.348. The summed E-state index contributed by atoms with van der Waals surface area (Å²) in [4.78, 5) is 2.02. The van der Waals surface area contributed by atoms with Gasteiger partial charge in [0.2, 0.25) is 0 Å². The first-order valence-electron chi connectivity index (χ1n) is 7.38. The second-order valence-electron chi connectivity index (χ2n) is 5.18. The highest BCUT2D eigenvalue weighted by molar-refractivity contribution is 5.18. The van der Waals surface area contributed by atoms with E-state index in [1.54, 1.807) is 14.2 Å². The van der Waals surface area contributed by atoms with Gasteiger partial charge in [-0.05, 0) is 12.0 Å². The molecule has 2 rings (SSSR count). The SMILES string of the molecule is CCC(O)C(OC)(OC)N1CCOC(c2ccccc2)C1. The monoisotopic (exact) mass is 295 g/mol. The van der Waals surface area contributed by atoms with Crippen molar-refractivity contribution in [1.82, 2.24) is 4.90 Å². The molecular weight excluding hydrogens is 270 g/mol. The normalized spacial score (nSPS) is 22.2. The fraction of sp³-hybridized carbons (Fsp3) is 0.625. The van der Waals surface area contributed by atoms with Crippen LogP contribution in [0, 0.1) is 0 Å². The zero-order valence-corrected chi connectivity index (χ0v) is 13.0. The largest absolute Gasteiger partial charge is 0.386 e. The van der Waals surface area contributed by atoms with Crippen LogP contribution in [-0.4, -0.2) is 55.9 Å². The smallest absolute Gasteiger partial charge is 0.257 e. The minimum Gasteiger partial charge on any atom is -0.386 e. The van der Waals surface area contributed by atoms with Gasteiger partial charge in [-0.1, -0.05) is 37.3 Å². The molecule has 1 saturated heterocycles. The number of morpholine rings is 1. The minimum atomic E-state index is -1.12. The Morgan fingerprint density at radius 2 is 2.00 bits per heavy atom. The van der Waals surface area contributed by atoms with E-state index in [-0.39, 0.29) is 6.10 Å². The van der Waals surface area contributed by atoms with Crippen LogP contribution in [0.2, 0.25) is 0 Å². The molecule has 0 saturated carbocycles. The Kier molecular flexibility index (Phi) is 5.72. The molecule has 1 heterocycles. The molecule has 1 aromatic rings. The lowest BCUT2D eigenvalue weighted by Crippen LogP contribution is -2.62. The topological polar surface area (TPSA) is 51.2 Å². The molecule has 0 spiro atoms. The number of ether oxygens (including phenoxy) is 3. The zero-order valence-electron chi connectivity index (χ0n) is 13.0. The van der Waals surface area contributed by atoms with Gasteiger partial charge in [0.1, 0.15) is 6.10 Å². The number of hydrogen-bond donors (Lipinski definition) is 1. The van der Waals surface area contributed by atoms with Gasteiger partial charge >= 0.3 is 0 Å². The Hall–Kier alpha value is -0.980. The number of aliphatic hydroxyl groups is 1. The maximum atomic E-state index is 10.3. The fourth-order valence-electron chi connectivity index (χ4n) is 2.88. The highest BCUT2D eigenvalue weighted by Gasteiger charge is 2.45. The number of aliphatic hydroxyl groups excluding tert-OH is 1. The Balaban J connectivity index is 2.19. The van der Waals surface area contributed by atoms with Gasteiger partial charge in [0.15, 0.2) is 0 Å². The van der Waals surface area contributed by atoms with Gasteiger partial charge < -0.3 is 19.3 Å². The summed E-state index contributed by atoms with van der Waals surface area (Å²) < 4.78 is 17.0. The van der Waals surface area contributed by atoms with Crippen molar-refractivity contribution in [2.45, 2.75) is 31.5 Å². The highest BCUT2D eigenvalue weighted by Crippen LogP contribution is 2.31. The van der Waals surface area contributed by atoms with Gasteiger partial charge in [0, 0.05) is 27.3 Å². The van der Waals surface area contributed by atoms with Crippen LogP contribution in [0.15, 0.2) is 30.3 Å². The molecule has 118 valence electrons. The first kappa shape index (κ1) is 16.4. The Morgan fingerprint density at radius 3 is 2.57 bits per heavy atom. The van der Waals surface area contributed by atoms with E-state index in [2.05, 4.69) is 0 Å². The molecule has 2 atom stereocenters. The molecule has 0 aromatic heterocycles. The summed E-state index contributed by atoms with van der Waals surface area (Å²) >= 11 is 0. The van der Waals surface area contributed by atoms with Crippen LogP contribution in [0.3, 0.4) is 0 Å². The number of nitrogens with zero attached hydrogens (tertiary/aromatic N) is 1. The van der Waals surface area contributed by atoms with Crippen molar-refractivity contribution in [3.05, 3.63) is 35.9 Å². The van der Waals surface area contributed by atoms with Gasteiger partial charge in [-0.25, -0.2) is 4.90 Å². The van der Waals surface area contributed by atoms with Gasteiger partial charge in [-0.15, -0.1) is 0 Å². The fourth-order valence-corrected chi connectivity index (χ4v) is 2.88. The zero-order chi connectivity index (χ0) is 15.3. The predicted octanol–water partition coefficient (Wildman–Crippen LogP) is 1.78. The van der Waals surface area contributed by atoms with E-state index in [0.29, 0.717) is 26.1 Å². The van der Waals surface area contributed by atoms with Crippen molar-refractivity contribution >= 4 is 0 Å². The first-order chi connectivity index (χ1) is 10.2. The molecule has 21 heavy (non-hydrogen) atoms. The second-order valence-corrected chi connectivity index (χ2v) is 5.18. The maximum absolute atomic E-state index is 10.3. The number of hydrogen-bond acceptors (Lipinski definition) is 5. The molecule has 1 aromatic carbocycles. The lowest BCUT2D eigenvalue weighted by atomic mass is 10.1. The van der Waals surface area contributed by atoms with Crippen molar-refractivity contribution in [1.29, 1.82) is 0 Å². The van der Waals surface area contributed by atoms with Gasteiger partial charge in [-0.2, -0.15) is 0 Å². The summed E-state index contributed by atoms with van der Waals surface area (Å²) in [5, 5.41) is 10.3. The van der Waals surface area contributed by atoms with E-state index >= 15 is 0 Å². The summed E-state index contributed by atoms with van der Waals surface area (Å²) in [6.45, 7) is 3.75. The summed E-state index contributed by atoms with van der Waals surface area (Å²) in [7, 11) is 3.13. The van der Waals surface area contributed by atoms with Crippen LogP contribution < -0.4 is 0 Å². The van der Waals surface area contributed by atoms with Crippen LogP contribution >= 0.6 is 0 Å². The quantitative estimate of drug-likeness (QED) is 0.811. The van der Waals surface area contributed by atoms with Crippen LogP contribution in [0.5, 0.6) is 0 Å². The van der Waals surface area contributed by atoms with E-state index in [1.165, 1.54) is 0 Å². The standard InChI is InChI=1S/C16H25NO4/c1-4-15(18)16(19-2,20-3)17-10-11-21-14(12-17)13-8-6-5-7-9-13/h5-9,14-15,18H,4,10-12H2,1-3H3. The molecule has 0 radical (unpaired) electrons. The average Bonchev–Trinajstić information content (AvgIpc) is 2.57. The highest BCUT2D eigenvalue weighted by atomic mass is 16.7. The number of methoxy groups -OCH3 is 2. The molecule has 1 aliphatic rings. The third-order valence-electron chi connectivity index (χ3n) is 4.07. The van der Waals surface area contributed by atoms with Crippen molar-refractivity contribution in [3.8, 4) is 0 Å². The Morgan fingerprint density at radius 1 is 1.33 bits per heavy atom. The van der Waals surface area contributed by atoms with E-state index in [4.69, 9.17) is 14.2 Å². The molecule has 1 N–H and O–H groups in total. The predicted molar refractivity (Wildman–Crippen MR) is 79.8 cm³/mol. The average molecular weight is 295 g/mol. The third-order valence-corrected chi connectivity index (χ3v) is 4.07. The summed E-state index contributed by atoms with van der Waals surface area (Å²) in [6, 6.07) is 10.1. The van der Waals surface area contributed by atoms with Crippen molar-refractivity contribution in [3.63, 3.8) is 0 Å². The molecule has 0 bridgehead atoms. The van der Waals surface area contributed by atoms with Crippen LogP contribution in [-0.2, 0) is 14.2 Å². The molecule has 0 amide bonds. The second kappa shape index (κ2) is 7.33. The van der Waals surface area contributed by atoms with Crippen molar-refractivity contribution in [2.24, 2.45) is 0 Å². The van der Waals surface area contributed by atoms with E-state index in [1.807, 2.05) is 42.2 Å². The van der Waals surface area contributed by atoms with E-state index in [9.17, 15) is 5.11 Å². The number of benzene rings is 1. The summed E-state index contributed by atoms with van der Waals surface area (Å²) in [6.07, 6.45) is -0.217. The molecule has 1 fully saturated rings. The number of rotatable bonds is 6. The minimum absolute atomic E-state index is 0.0475. The van der Waals surface area contributed by atoms with Crippen molar-refractivity contribution in [2.75, 3.05) is 33.9 Å². The Labute approximate surface area is 126 Å². The summed E-state index contributed by atoms with van der Waals surface area (Å²) in [5.41, 5.74) is 1.12. The lowest BCUT2D eigenvalue weighted by Gasteiger charge is -2.47. The van der Waals surface area contributed by atoms with Gasteiger partial charge in [0.25, 0.3) is 5.91 Å². The van der Waals surface area contributed by atoms with Gasteiger partial charge in [0.05, 0.1) is 12.7 Å². The van der Waals surface area contributed by atoms with Crippen LogP contribution in [0.25, 0.3) is 0 Å². The maximum Gasteiger partial charge on any atom is 0.257 e. The van der Waals surface area contributed by atoms with Crippen LogP contribution in [0.4, 0.5) is 0 Å². The molecule has 1 aliphatic heterocycles. The van der Waals surface area contributed by atoms with Crippen molar-refractivity contribution < 1.29 is 19.3 Å².